The molecule has 1 atom stereocenters. The van der Waals surface area contributed by atoms with Gasteiger partial charge >= 0.3 is 0 Å². The lowest BCUT2D eigenvalue weighted by Gasteiger charge is -2.14. The topological polar surface area (TPSA) is 48.4 Å². The largest absolute Gasteiger partial charge is 0.508 e. The fourth-order valence-corrected chi connectivity index (χ4v) is 2.90. The van der Waals surface area contributed by atoms with E-state index < -0.39 is 0 Å². The molecular formula is C18H20ClN3O. The molecule has 0 aliphatic heterocycles. The Bertz CT molecular complexity index is 833. The normalized spacial score (nSPS) is 16.4. The van der Waals surface area contributed by atoms with E-state index >= 15 is 0 Å². The summed E-state index contributed by atoms with van der Waals surface area (Å²) in [4.78, 5) is 6.39. The van der Waals surface area contributed by atoms with Gasteiger partial charge in [-0.2, -0.15) is 0 Å². The Kier molecular flexibility index (Phi) is 4.55. The molecule has 1 heterocycles. The monoisotopic (exact) mass is 329 g/mol. The molecular weight excluding hydrogens is 310 g/mol. The smallest absolute Gasteiger partial charge is 0.122 e. The van der Waals surface area contributed by atoms with Crippen LogP contribution in [0.3, 0.4) is 0 Å². The van der Waals surface area contributed by atoms with E-state index in [1.807, 2.05) is 43.3 Å². The summed E-state index contributed by atoms with van der Waals surface area (Å²) in [5.41, 5.74) is 2.72. The van der Waals surface area contributed by atoms with Crippen LogP contribution in [0.4, 0.5) is 11.4 Å². The van der Waals surface area contributed by atoms with Gasteiger partial charge in [-0.1, -0.05) is 12.1 Å². The second kappa shape index (κ2) is 6.60. The number of phenols is 1. The molecule has 4 nitrogen and oxygen atoms in total. The molecule has 120 valence electrons. The molecule has 0 spiro atoms. The fraction of sp³-hybridized carbons (Fsp3) is 0.278. The van der Waals surface area contributed by atoms with Crippen LogP contribution in [0.15, 0.2) is 30.5 Å². The number of nitrogens with one attached hydrogen (secondary N) is 1. The van der Waals surface area contributed by atoms with Crippen molar-refractivity contribution in [2.24, 2.45) is 0 Å². The number of aromatic nitrogens is 1. The summed E-state index contributed by atoms with van der Waals surface area (Å²) in [6, 6.07) is 7.60. The third kappa shape index (κ3) is 3.66. The first-order valence-corrected chi connectivity index (χ1v) is 8.01. The van der Waals surface area contributed by atoms with Gasteiger partial charge in [-0.25, -0.2) is 0 Å². The molecule has 3 rings (SSSR count). The van der Waals surface area contributed by atoms with Gasteiger partial charge in [0.25, 0.3) is 0 Å². The minimum Gasteiger partial charge on any atom is -0.508 e. The van der Waals surface area contributed by atoms with Crippen molar-refractivity contribution in [2.45, 2.75) is 18.3 Å². The van der Waals surface area contributed by atoms with Gasteiger partial charge in [-0.15, -0.1) is 11.6 Å². The lowest BCUT2D eigenvalue weighted by atomic mass is 10.1. The highest BCUT2D eigenvalue weighted by Gasteiger charge is 2.08. The van der Waals surface area contributed by atoms with Gasteiger partial charge in [-0.05, 0) is 38.7 Å². The number of fused-ring (bicyclic) bond motifs is 1. The van der Waals surface area contributed by atoms with Crippen LogP contribution in [0.1, 0.15) is 12.0 Å². The molecule has 5 heteroatoms. The van der Waals surface area contributed by atoms with E-state index in [4.69, 9.17) is 11.6 Å². The van der Waals surface area contributed by atoms with Crippen LogP contribution in [0.5, 0.6) is 5.75 Å². The van der Waals surface area contributed by atoms with E-state index in [2.05, 4.69) is 16.4 Å². The molecule has 2 N–H and O–H groups in total. The summed E-state index contributed by atoms with van der Waals surface area (Å²) in [6.45, 7) is 0.705. The van der Waals surface area contributed by atoms with Gasteiger partial charge in [0.2, 0.25) is 0 Å². The van der Waals surface area contributed by atoms with E-state index in [1.165, 1.54) is 0 Å². The van der Waals surface area contributed by atoms with Crippen LogP contribution in [0.25, 0.3) is 12.2 Å². The summed E-state index contributed by atoms with van der Waals surface area (Å²) in [5.74, 6) is 0.294. The first kappa shape index (κ1) is 15.8. The fourth-order valence-electron chi connectivity index (χ4n) is 2.69. The molecule has 23 heavy (non-hydrogen) atoms. The predicted octanol–water partition coefficient (Wildman–Crippen LogP) is 2.16. The zero-order chi connectivity index (χ0) is 16.4. The number of phenolic OH excluding ortho intramolecular Hbond substituents is 1. The molecule has 1 aliphatic rings. The number of alkyl halides is 1. The predicted molar refractivity (Wildman–Crippen MR) is 95.5 cm³/mol. The van der Waals surface area contributed by atoms with Gasteiger partial charge in [0, 0.05) is 41.0 Å². The van der Waals surface area contributed by atoms with Crippen molar-refractivity contribution < 1.29 is 5.11 Å². The second-order valence-electron chi connectivity index (χ2n) is 5.99. The summed E-state index contributed by atoms with van der Waals surface area (Å²) in [5, 5.41) is 15.5. The van der Waals surface area contributed by atoms with E-state index in [9.17, 15) is 5.11 Å². The number of hydrogen-bond acceptors (Lipinski definition) is 4. The van der Waals surface area contributed by atoms with Crippen molar-refractivity contribution in [2.75, 3.05) is 19.4 Å². The maximum absolute atomic E-state index is 10.2. The Balaban J connectivity index is 1.91. The molecule has 0 radical (unpaired) electrons. The number of hydrogen-bond donors (Lipinski definition) is 2. The summed E-state index contributed by atoms with van der Waals surface area (Å²) in [7, 11) is 3.96. The Morgan fingerprint density at radius 3 is 2.91 bits per heavy atom. The molecule has 1 aliphatic carbocycles. The summed E-state index contributed by atoms with van der Waals surface area (Å²) < 4.78 is 0. The molecule has 0 bridgehead atoms. The summed E-state index contributed by atoms with van der Waals surface area (Å²) >= 11 is 6.15. The number of anilines is 2. The highest BCUT2D eigenvalue weighted by Crippen LogP contribution is 2.24. The number of benzene rings is 1. The molecule has 2 aromatic rings. The van der Waals surface area contributed by atoms with E-state index in [0.717, 1.165) is 33.9 Å². The number of rotatable bonds is 4. The molecule has 0 saturated carbocycles. The van der Waals surface area contributed by atoms with Crippen molar-refractivity contribution in [3.8, 4) is 5.75 Å². The van der Waals surface area contributed by atoms with Crippen molar-refractivity contribution in [3.05, 3.63) is 46.6 Å². The zero-order valence-corrected chi connectivity index (χ0v) is 14.0. The number of aromatic hydroxyl groups is 1. The number of pyridine rings is 1. The lowest BCUT2D eigenvalue weighted by Crippen LogP contribution is -2.34. The molecule has 1 aromatic heterocycles. The van der Waals surface area contributed by atoms with Crippen molar-refractivity contribution >= 4 is 35.1 Å². The van der Waals surface area contributed by atoms with Gasteiger partial charge in [0.1, 0.15) is 5.75 Å². The minimum atomic E-state index is -0.000360. The molecule has 1 unspecified atom stereocenters. The third-order valence-electron chi connectivity index (χ3n) is 3.76. The molecule has 0 saturated heterocycles. The van der Waals surface area contributed by atoms with Crippen molar-refractivity contribution in [3.63, 3.8) is 0 Å². The Morgan fingerprint density at radius 1 is 1.35 bits per heavy atom. The Morgan fingerprint density at radius 2 is 2.17 bits per heavy atom. The average molecular weight is 330 g/mol. The molecule has 0 fully saturated rings. The zero-order valence-electron chi connectivity index (χ0n) is 13.3. The lowest BCUT2D eigenvalue weighted by molar-refractivity contribution is 0.386. The standard InChI is InChI=1S/C18H20ClN3O/c1-22(2)11-12-3-5-14(10-18(12)23)21-16-7-8-20-17-9-13(19)4-6-15(16)17/h3,5-10,13,21,23H,4,11H2,1-2H3. The molecule has 1 aromatic carbocycles. The minimum absolute atomic E-state index is 0.000360. The number of halogens is 1. The SMILES string of the molecule is CN(C)Cc1ccc(Nc2ccnc3c2=CCC(Cl)C=3)cc1O. The highest BCUT2D eigenvalue weighted by molar-refractivity contribution is 6.24. The molecule has 0 amide bonds. The Labute approximate surface area is 140 Å². The first-order valence-electron chi connectivity index (χ1n) is 7.58. The van der Waals surface area contributed by atoms with E-state index in [1.54, 1.807) is 12.3 Å². The van der Waals surface area contributed by atoms with E-state index in [0.29, 0.717) is 12.3 Å². The third-order valence-corrected chi connectivity index (χ3v) is 4.06. The second-order valence-corrected chi connectivity index (χ2v) is 6.55. The van der Waals surface area contributed by atoms with Gasteiger partial charge in [-0.3, -0.25) is 4.98 Å². The van der Waals surface area contributed by atoms with Gasteiger partial charge < -0.3 is 15.3 Å². The quantitative estimate of drug-likeness (QED) is 0.844. The maximum atomic E-state index is 10.2. The highest BCUT2D eigenvalue weighted by atomic mass is 35.5. The van der Waals surface area contributed by atoms with Gasteiger partial charge in [0.15, 0.2) is 0 Å². The van der Waals surface area contributed by atoms with Crippen molar-refractivity contribution in [1.82, 2.24) is 9.88 Å². The van der Waals surface area contributed by atoms with Crippen LogP contribution in [-0.4, -0.2) is 34.5 Å². The Hall–Kier alpha value is -2.04. The summed E-state index contributed by atoms with van der Waals surface area (Å²) in [6.07, 6.45) is 6.63. The average Bonchev–Trinajstić information content (AvgIpc) is 2.49. The van der Waals surface area contributed by atoms with Gasteiger partial charge in [0.05, 0.1) is 10.7 Å². The van der Waals surface area contributed by atoms with Crippen LogP contribution >= 0.6 is 11.6 Å². The maximum Gasteiger partial charge on any atom is 0.122 e. The van der Waals surface area contributed by atoms with Crippen LogP contribution in [0, 0.1) is 0 Å². The van der Waals surface area contributed by atoms with Crippen LogP contribution < -0.4 is 15.9 Å². The van der Waals surface area contributed by atoms with Crippen LogP contribution in [0.2, 0.25) is 0 Å². The number of nitrogens with zero attached hydrogens (tertiary/aromatic N) is 2. The van der Waals surface area contributed by atoms with Crippen LogP contribution in [-0.2, 0) is 6.54 Å². The van der Waals surface area contributed by atoms with Crippen molar-refractivity contribution in [1.29, 1.82) is 0 Å². The van der Waals surface area contributed by atoms with E-state index in [-0.39, 0.29) is 5.38 Å². The first-order chi connectivity index (χ1) is 11.0.